The molecule has 1 aliphatic rings. The van der Waals surface area contributed by atoms with Crippen molar-refractivity contribution in [1.82, 2.24) is 0 Å². The van der Waals surface area contributed by atoms with Gasteiger partial charge in [-0.3, -0.25) is 4.79 Å². The molecule has 100 valence electrons. The molecule has 0 amide bonds. The fourth-order valence-electron chi connectivity index (χ4n) is 2.60. The van der Waals surface area contributed by atoms with Crippen LogP contribution in [0.15, 0.2) is 18.2 Å². The van der Waals surface area contributed by atoms with Crippen LogP contribution >= 0.6 is 0 Å². The Labute approximate surface area is 113 Å². The molecule has 0 saturated heterocycles. The molecule has 1 saturated carbocycles. The van der Waals surface area contributed by atoms with Crippen LogP contribution in [0, 0.1) is 23.7 Å². The van der Waals surface area contributed by atoms with Crippen LogP contribution in [0.2, 0.25) is 0 Å². The molecule has 1 aromatic rings. The minimum Gasteiger partial charge on any atom is -0.481 e. The second-order valence-electron chi connectivity index (χ2n) is 5.42. The zero-order valence-corrected chi connectivity index (χ0v) is 11.1. The zero-order valence-electron chi connectivity index (χ0n) is 11.1. The highest BCUT2D eigenvalue weighted by Gasteiger charge is 2.38. The van der Waals surface area contributed by atoms with Gasteiger partial charge in [-0.1, -0.05) is 6.42 Å². The van der Waals surface area contributed by atoms with Gasteiger partial charge in [0.05, 0.1) is 18.1 Å². The number of hydrogen-bond donors (Lipinski definition) is 2. The summed E-state index contributed by atoms with van der Waals surface area (Å²) in [6, 6.07) is 7.74. The van der Waals surface area contributed by atoms with Crippen LogP contribution in [-0.4, -0.2) is 17.6 Å². The average Bonchev–Trinajstić information content (AvgIpc) is 2.32. The molecule has 4 nitrogen and oxygen atoms in total. The summed E-state index contributed by atoms with van der Waals surface area (Å²) in [6.07, 6.45) is 3.29. The number of carboxylic acids is 1. The van der Waals surface area contributed by atoms with E-state index in [1.54, 1.807) is 6.07 Å². The largest absolute Gasteiger partial charge is 0.481 e. The second kappa shape index (κ2) is 5.31. The van der Waals surface area contributed by atoms with Crippen LogP contribution in [0.4, 0.5) is 5.69 Å². The SMILES string of the molecule is Cc1cc(NCC2(CC(=O)O)CCC2)ccc1C#N. The van der Waals surface area contributed by atoms with Crippen molar-refractivity contribution < 1.29 is 9.90 Å². The number of nitrogens with one attached hydrogen (secondary N) is 1. The van der Waals surface area contributed by atoms with Crippen LogP contribution in [0.1, 0.15) is 36.8 Å². The summed E-state index contributed by atoms with van der Waals surface area (Å²) in [5.74, 6) is -0.725. The lowest BCUT2D eigenvalue weighted by Crippen LogP contribution is -2.38. The highest BCUT2D eigenvalue weighted by atomic mass is 16.4. The van der Waals surface area contributed by atoms with E-state index in [0.717, 1.165) is 30.5 Å². The maximum Gasteiger partial charge on any atom is 0.303 e. The molecule has 1 aliphatic carbocycles. The minimum atomic E-state index is -0.725. The molecule has 0 aliphatic heterocycles. The summed E-state index contributed by atoms with van der Waals surface area (Å²) in [6.45, 7) is 2.59. The Hall–Kier alpha value is -2.02. The Bertz CT molecular complexity index is 527. The first-order valence-corrected chi connectivity index (χ1v) is 6.51. The van der Waals surface area contributed by atoms with Crippen LogP contribution in [0.25, 0.3) is 0 Å². The predicted octanol–water partition coefficient (Wildman–Crippen LogP) is 2.92. The third-order valence-electron chi connectivity index (χ3n) is 3.95. The summed E-state index contributed by atoms with van der Waals surface area (Å²) >= 11 is 0. The van der Waals surface area contributed by atoms with Crippen molar-refractivity contribution in [3.05, 3.63) is 29.3 Å². The molecular formula is C15H18N2O2. The number of aliphatic carboxylic acids is 1. The van der Waals surface area contributed by atoms with Gasteiger partial charge in [0.15, 0.2) is 0 Å². The Morgan fingerprint density at radius 1 is 1.53 bits per heavy atom. The summed E-state index contributed by atoms with van der Waals surface area (Å²) in [7, 11) is 0. The van der Waals surface area contributed by atoms with Gasteiger partial charge in [0, 0.05) is 12.2 Å². The van der Waals surface area contributed by atoms with Crippen molar-refractivity contribution in [2.75, 3.05) is 11.9 Å². The Balaban J connectivity index is 2.00. The lowest BCUT2D eigenvalue weighted by atomic mass is 9.66. The summed E-state index contributed by atoms with van der Waals surface area (Å²) in [4.78, 5) is 10.9. The van der Waals surface area contributed by atoms with Crippen molar-refractivity contribution in [3.8, 4) is 6.07 Å². The molecule has 19 heavy (non-hydrogen) atoms. The number of hydrogen-bond acceptors (Lipinski definition) is 3. The molecule has 0 unspecified atom stereocenters. The molecule has 1 aromatic carbocycles. The molecule has 0 heterocycles. The lowest BCUT2D eigenvalue weighted by molar-refractivity contribution is -0.141. The molecular weight excluding hydrogens is 240 g/mol. The van der Waals surface area contributed by atoms with Crippen LogP contribution in [-0.2, 0) is 4.79 Å². The van der Waals surface area contributed by atoms with E-state index in [2.05, 4.69) is 11.4 Å². The normalized spacial score (nSPS) is 16.2. The molecule has 4 heteroatoms. The fraction of sp³-hybridized carbons (Fsp3) is 0.467. The fourth-order valence-corrected chi connectivity index (χ4v) is 2.60. The van der Waals surface area contributed by atoms with E-state index >= 15 is 0 Å². The number of carboxylic acid groups (broad SMARTS) is 1. The molecule has 2 rings (SSSR count). The standard InChI is InChI=1S/C15H18N2O2/c1-11-7-13(4-3-12(11)9-16)17-10-15(5-2-6-15)8-14(18)19/h3-4,7,17H,2,5-6,8,10H2,1H3,(H,18,19). The van der Waals surface area contributed by atoms with Gasteiger partial charge in [0.2, 0.25) is 0 Å². The van der Waals surface area contributed by atoms with Crippen molar-refractivity contribution >= 4 is 11.7 Å². The Morgan fingerprint density at radius 3 is 2.74 bits per heavy atom. The maximum atomic E-state index is 10.9. The topological polar surface area (TPSA) is 73.1 Å². The number of carbonyl (C=O) groups is 1. The highest BCUT2D eigenvalue weighted by molar-refractivity contribution is 5.68. The van der Waals surface area contributed by atoms with Crippen molar-refractivity contribution in [3.63, 3.8) is 0 Å². The van der Waals surface area contributed by atoms with Gasteiger partial charge in [0.25, 0.3) is 0 Å². The van der Waals surface area contributed by atoms with Gasteiger partial charge in [0.1, 0.15) is 0 Å². The molecule has 0 aromatic heterocycles. The number of anilines is 1. The summed E-state index contributed by atoms with van der Waals surface area (Å²) in [5.41, 5.74) is 2.48. The predicted molar refractivity (Wildman–Crippen MR) is 72.9 cm³/mol. The summed E-state index contributed by atoms with van der Waals surface area (Å²) in [5, 5.41) is 21.2. The number of nitrogens with zero attached hydrogens (tertiary/aromatic N) is 1. The van der Waals surface area contributed by atoms with Crippen molar-refractivity contribution in [2.45, 2.75) is 32.6 Å². The van der Waals surface area contributed by atoms with Gasteiger partial charge >= 0.3 is 5.97 Å². The highest BCUT2D eigenvalue weighted by Crippen LogP contribution is 2.44. The van der Waals surface area contributed by atoms with Crippen molar-refractivity contribution in [2.24, 2.45) is 5.41 Å². The van der Waals surface area contributed by atoms with Gasteiger partial charge in [-0.25, -0.2) is 0 Å². The van der Waals surface area contributed by atoms with Gasteiger partial charge < -0.3 is 10.4 Å². The minimum absolute atomic E-state index is 0.0896. The van der Waals surface area contributed by atoms with E-state index < -0.39 is 5.97 Å². The van der Waals surface area contributed by atoms with Crippen LogP contribution in [0.3, 0.4) is 0 Å². The lowest BCUT2D eigenvalue weighted by Gasteiger charge is -2.41. The summed E-state index contributed by atoms with van der Waals surface area (Å²) < 4.78 is 0. The van der Waals surface area contributed by atoms with Crippen LogP contribution in [0.5, 0.6) is 0 Å². The third-order valence-corrected chi connectivity index (χ3v) is 3.95. The van der Waals surface area contributed by atoms with E-state index in [-0.39, 0.29) is 11.8 Å². The molecule has 1 fully saturated rings. The molecule has 0 atom stereocenters. The molecule has 0 radical (unpaired) electrons. The number of benzene rings is 1. The molecule has 0 bridgehead atoms. The first kappa shape index (κ1) is 13.4. The van der Waals surface area contributed by atoms with Gasteiger partial charge in [-0.15, -0.1) is 0 Å². The Morgan fingerprint density at radius 2 is 2.26 bits per heavy atom. The van der Waals surface area contributed by atoms with E-state index in [1.165, 1.54) is 0 Å². The third kappa shape index (κ3) is 3.05. The van der Waals surface area contributed by atoms with Crippen LogP contribution < -0.4 is 5.32 Å². The van der Waals surface area contributed by atoms with Gasteiger partial charge in [-0.2, -0.15) is 5.26 Å². The number of nitriles is 1. The first-order valence-electron chi connectivity index (χ1n) is 6.51. The van der Waals surface area contributed by atoms with Gasteiger partial charge in [-0.05, 0) is 48.9 Å². The first-order chi connectivity index (χ1) is 9.04. The monoisotopic (exact) mass is 258 g/mol. The average molecular weight is 258 g/mol. The quantitative estimate of drug-likeness (QED) is 0.851. The zero-order chi connectivity index (χ0) is 13.9. The molecule has 0 spiro atoms. The van der Waals surface area contributed by atoms with E-state index in [9.17, 15) is 4.79 Å². The van der Waals surface area contributed by atoms with Crippen molar-refractivity contribution in [1.29, 1.82) is 5.26 Å². The number of rotatable bonds is 5. The number of aryl methyl sites for hydroxylation is 1. The van der Waals surface area contributed by atoms with E-state index in [4.69, 9.17) is 10.4 Å². The smallest absolute Gasteiger partial charge is 0.303 e. The maximum absolute atomic E-state index is 10.9. The Kier molecular flexibility index (Phi) is 3.75. The van der Waals surface area contributed by atoms with E-state index in [1.807, 2.05) is 19.1 Å². The second-order valence-corrected chi connectivity index (χ2v) is 5.42. The van der Waals surface area contributed by atoms with E-state index in [0.29, 0.717) is 12.1 Å². The molecule has 2 N–H and O–H groups in total.